The van der Waals surface area contributed by atoms with Crippen molar-refractivity contribution in [1.29, 1.82) is 0 Å². The predicted molar refractivity (Wildman–Crippen MR) is 87.8 cm³/mol. The van der Waals surface area contributed by atoms with Gasteiger partial charge in [0.05, 0.1) is 5.52 Å². The monoisotopic (exact) mass is 316 g/mol. The van der Waals surface area contributed by atoms with Crippen molar-refractivity contribution in [3.63, 3.8) is 0 Å². The number of benzene rings is 1. The van der Waals surface area contributed by atoms with Crippen LogP contribution in [0, 0.1) is 11.7 Å². The number of hydrogen-bond acceptors (Lipinski definition) is 2. The minimum atomic E-state index is -0.382. The highest BCUT2D eigenvalue weighted by Gasteiger charge is 2.15. The molecule has 0 radical (unpaired) electrons. The van der Waals surface area contributed by atoms with Gasteiger partial charge in [0.15, 0.2) is 0 Å². The van der Waals surface area contributed by atoms with Crippen LogP contribution >= 0.6 is 0 Å². The van der Waals surface area contributed by atoms with Crippen LogP contribution in [0.3, 0.4) is 0 Å². The van der Waals surface area contributed by atoms with Crippen LogP contribution in [0.1, 0.15) is 37.7 Å². The van der Waals surface area contributed by atoms with Crippen LogP contribution in [0.25, 0.3) is 10.9 Å². The number of halogens is 1. The minimum absolute atomic E-state index is 0.0181. The summed E-state index contributed by atoms with van der Waals surface area (Å²) in [7, 11) is 0. The van der Waals surface area contributed by atoms with Crippen molar-refractivity contribution in [3.8, 4) is 0 Å². The van der Waals surface area contributed by atoms with E-state index < -0.39 is 0 Å². The molecule has 5 heteroatoms. The third-order valence-electron chi connectivity index (χ3n) is 4.57. The topological polar surface area (TPSA) is 62.0 Å². The maximum Gasteiger partial charge on any atom is 0.251 e. The molecule has 23 heavy (non-hydrogen) atoms. The molecule has 4 nitrogen and oxygen atoms in total. The van der Waals surface area contributed by atoms with E-state index in [1.54, 1.807) is 12.1 Å². The van der Waals surface area contributed by atoms with Gasteiger partial charge in [-0.1, -0.05) is 12.8 Å². The van der Waals surface area contributed by atoms with Crippen molar-refractivity contribution >= 4 is 16.8 Å². The van der Waals surface area contributed by atoms with Gasteiger partial charge in [-0.2, -0.15) is 0 Å². The molecule has 0 bridgehead atoms. The number of carbonyl (C=O) groups is 1. The van der Waals surface area contributed by atoms with Gasteiger partial charge in [-0.3, -0.25) is 9.59 Å². The van der Waals surface area contributed by atoms with Crippen LogP contribution < -0.4 is 10.9 Å². The molecule has 0 spiro atoms. The molecule has 1 aromatic heterocycles. The summed E-state index contributed by atoms with van der Waals surface area (Å²) in [5.74, 6) is 0.209. The summed E-state index contributed by atoms with van der Waals surface area (Å²) in [4.78, 5) is 26.6. The third-order valence-corrected chi connectivity index (χ3v) is 4.57. The average Bonchev–Trinajstić information content (AvgIpc) is 3.04. The Kier molecular flexibility index (Phi) is 4.74. The highest BCUT2D eigenvalue weighted by molar-refractivity contribution is 5.79. The van der Waals surface area contributed by atoms with E-state index in [0.717, 1.165) is 11.9 Å². The highest BCUT2D eigenvalue weighted by atomic mass is 19.1. The van der Waals surface area contributed by atoms with Crippen molar-refractivity contribution in [2.24, 2.45) is 5.92 Å². The Hall–Kier alpha value is -2.17. The highest BCUT2D eigenvalue weighted by Crippen LogP contribution is 2.23. The van der Waals surface area contributed by atoms with Crippen molar-refractivity contribution in [2.75, 3.05) is 6.54 Å². The zero-order chi connectivity index (χ0) is 16.2. The third kappa shape index (κ3) is 3.97. The lowest BCUT2D eigenvalue weighted by Crippen LogP contribution is -2.29. The number of rotatable bonds is 5. The fourth-order valence-corrected chi connectivity index (χ4v) is 3.21. The Bertz CT molecular complexity index is 763. The van der Waals surface area contributed by atoms with Crippen LogP contribution in [0.5, 0.6) is 0 Å². The molecule has 1 amide bonds. The Morgan fingerprint density at radius 1 is 1.26 bits per heavy atom. The van der Waals surface area contributed by atoms with E-state index in [9.17, 15) is 14.0 Å². The lowest BCUT2D eigenvalue weighted by atomic mass is 10.1. The molecule has 0 aliphatic heterocycles. The van der Waals surface area contributed by atoms with Gasteiger partial charge < -0.3 is 10.3 Å². The first-order valence-electron chi connectivity index (χ1n) is 8.20. The first kappa shape index (κ1) is 15.7. The van der Waals surface area contributed by atoms with Gasteiger partial charge in [0, 0.05) is 18.5 Å². The molecule has 2 N–H and O–H groups in total. The first-order valence-corrected chi connectivity index (χ1v) is 8.20. The second-order valence-corrected chi connectivity index (χ2v) is 6.31. The van der Waals surface area contributed by atoms with Crippen LogP contribution in [0.2, 0.25) is 0 Å². The van der Waals surface area contributed by atoms with E-state index >= 15 is 0 Å². The molecular weight excluding hydrogens is 295 g/mol. The standard InChI is InChI=1S/C18H21FN2O2/c19-15-7-5-13-9-14(18(23)21-16(13)10-15)6-8-17(22)20-11-12-3-1-2-4-12/h5,7,9-10,12H,1-4,6,8,11H2,(H,20,22)(H,21,23). The number of aromatic nitrogens is 1. The Morgan fingerprint density at radius 3 is 2.83 bits per heavy atom. The molecule has 2 aromatic rings. The Morgan fingerprint density at radius 2 is 2.04 bits per heavy atom. The zero-order valence-electron chi connectivity index (χ0n) is 13.0. The summed E-state index contributed by atoms with van der Waals surface area (Å²) in [6, 6.07) is 6.02. The van der Waals surface area contributed by atoms with E-state index in [2.05, 4.69) is 10.3 Å². The van der Waals surface area contributed by atoms with Crippen LogP contribution in [-0.2, 0) is 11.2 Å². The van der Waals surface area contributed by atoms with Gasteiger partial charge in [-0.05, 0) is 54.8 Å². The quantitative estimate of drug-likeness (QED) is 0.891. The number of pyridine rings is 1. The summed E-state index contributed by atoms with van der Waals surface area (Å²) in [5.41, 5.74) is 0.774. The number of H-pyrrole nitrogens is 1. The van der Waals surface area contributed by atoms with E-state index in [1.807, 2.05) is 0 Å². The molecule has 1 fully saturated rings. The van der Waals surface area contributed by atoms with Crippen LogP contribution in [0.4, 0.5) is 4.39 Å². The normalized spacial score (nSPS) is 15.2. The Balaban J connectivity index is 1.60. The number of aryl methyl sites for hydroxylation is 1. The number of aromatic amines is 1. The molecule has 1 saturated carbocycles. The second-order valence-electron chi connectivity index (χ2n) is 6.31. The fourth-order valence-electron chi connectivity index (χ4n) is 3.21. The number of amides is 1. The average molecular weight is 316 g/mol. The summed E-state index contributed by atoms with van der Waals surface area (Å²) in [5, 5.41) is 3.73. The molecule has 1 aliphatic carbocycles. The molecule has 0 saturated heterocycles. The van der Waals surface area contributed by atoms with Crippen molar-refractivity contribution in [1.82, 2.24) is 10.3 Å². The van der Waals surface area contributed by atoms with Crippen LogP contribution in [0.15, 0.2) is 29.1 Å². The van der Waals surface area contributed by atoms with E-state index in [1.165, 1.54) is 37.8 Å². The molecule has 3 rings (SSSR count). The largest absolute Gasteiger partial charge is 0.356 e. The number of carbonyl (C=O) groups excluding carboxylic acids is 1. The number of hydrogen-bond donors (Lipinski definition) is 2. The lowest BCUT2D eigenvalue weighted by Gasteiger charge is -2.10. The molecule has 1 aliphatic rings. The maximum absolute atomic E-state index is 13.2. The summed E-state index contributed by atoms with van der Waals surface area (Å²) >= 11 is 0. The van der Waals surface area contributed by atoms with Crippen molar-refractivity contribution < 1.29 is 9.18 Å². The van der Waals surface area contributed by atoms with Gasteiger partial charge in [-0.25, -0.2) is 4.39 Å². The summed E-state index contributed by atoms with van der Waals surface area (Å²) < 4.78 is 13.2. The molecule has 1 heterocycles. The SMILES string of the molecule is O=C(CCc1cc2ccc(F)cc2[nH]c1=O)NCC1CCCC1. The lowest BCUT2D eigenvalue weighted by molar-refractivity contribution is -0.121. The molecule has 1 aromatic carbocycles. The Labute approximate surface area is 134 Å². The zero-order valence-corrected chi connectivity index (χ0v) is 13.0. The van der Waals surface area contributed by atoms with Gasteiger partial charge in [0.1, 0.15) is 5.82 Å². The first-order chi connectivity index (χ1) is 11.1. The van der Waals surface area contributed by atoms with Gasteiger partial charge in [0.25, 0.3) is 5.56 Å². The van der Waals surface area contributed by atoms with E-state index in [0.29, 0.717) is 29.8 Å². The maximum atomic E-state index is 13.2. The predicted octanol–water partition coefficient (Wildman–Crippen LogP) is 2.91. The van der Waals surface area contributed by atoms with Crippen molar-refractivity contribution in [3.05, 3.63) is 46.0 Å². The molecule has 0 atom stereocenters. The molecule has 122 valence electrons. The van der Waals surface area contributed by atoms with Crippen LogP contribution in [-0.4, -0.2) is 17.4 Å². The van der Waals surface area contributed by atoms with Gasteiger partial charge in [0.2, 0.25) is 5.91 Å². The van der Waals surface area contributed by atoms with Gasteiger partial charge >= 0.3 is 0 Å². The summed E-state index contributed by atoms with van der Waals surface area (Å²) in [6.07, 6.45) is 5.59. The van der Waals surface area contributed by atoms with E-state index in [4.69, 9.17) is 0 Å². The molecular formula is C18H21FN2O2. The van der Waals surface area contributed by atoms with E-state index in [-0.39, 0.29) is 17.3 Å². The van der Waals surface area contributed by atoms with Crippen molar-refractivity contribution in [2.45, 2.75) is 38.5 Å². The van der Waals surface area contributed by atoms with Gasteiger partial charge in [-0.15, -0.1) is 0 Å². The molecule has 0 unspecified atom stereocenters. The second kappa shape index (κ2) is 6.94. The number of nitrogens with one attached hydrogen (secondary N) is 2. The smallest absolute Gasteiger partial charge is 0.251 e. The minimum Gasteiger partial charge on any atom is -0.356 e. The number of fused-ring (bicyclic) bond motifs is 1. The summed E-state index contributed by atoms with van der Waals surface area (Å²) in [6.45, 7) is 0.742. The fraction of sp³-hybridized carbons (Fsp3) is 0.444.